The number of aromatic hydroxyl groups is 1. The number of hydrogen-bond donors (Lipinski definition) is 2. The fourth-order valence-electron chi connectivity index (χ4n) is 3.26. The highest BCUT2D eigenvalue weighted by Crippen LogP contribution is 2.48. The van der Waals surface area contributed by atoms with Gasteiger partial charge in [-0.25, -0.2) is 0 Å². The molecule has 24 heavy (non-hydrogen) atoms. The molecule has 2 aliphatic rings. The van der Waals surface area contributed by atoms with Crippen LogP contribution in [0.1, 0.15) is 5.56 Å². The zero-order valence-corrected chi connectivity index (χ0v) is 13.3. The van der Waals surface area contributed by atoms with Gasteiger partial charge in [0.15, 0.2) is 11.5 Å². The molecule has 2 aromatic rings. The molecule has 4 rings (SSSR count). The average Bonchev–Trinajstić information content (AvgIpc) is 2.59. The summed E-state index contributed by atoms with van der Waals surface area (Å²) >= 11 is 0. The van der Waals surface area contributed by atoms with Crippen LogP contribution in [0, 0.1) is 0 Å². The highest BCUT2D eigenvalue weighted by molar-refractivity contribution is 5.90. The number of nitrogens with zero attached hydrogens (tertiary/aromatic N) is 1. The first-order chi connectivity index (χ1) is 11.6. The van der Waals surface area contributed by atoms with Crippen LogP contribution in [0.2, 0.25) is 0 Å². The van der Waals surface area contributed by atoms with Gasteiger partial charge in [-0.15, -0.1) is 0 Å². The molecule has 2 aromatic carbocycles. The van der Waals surface area contributed by atoms with Crippen molar-refractivity contribution in [2.45, 2.75) is 6.04 Å². The number of allylic oxidation sites excluding steroid dienone is 2. The van der Waals surface area contributed by atoms with E-state index in [-0.39, 0.29) is 11.8 Å². The molecule has 0 saturated carbocycles. The molecule has 120 valence electrons. The highest BCUT2D eigenvalue weighted by Gasteiger charge is 2.29. The summed E-state index contributed by atoms with van der Waals surface area (Å²) in [5.41, 5.74) is 9.52. The lowest BCUT2D eigenvalue weighted by Crippen LogP contribution is -2.35. The molecule has 0 radical (unpaired) electrons. The molecule has 0 bridgehead atoms. The van der Waals surface area contributed by atoms with Crippen LogP contribution in [-0.2, 0) is 0 Å². The summed E-state index contributed by atoms with van der Waals surface area (Å²) in [5, 5.41) is 10.4. The second kappa shape index (κ2) is 5.49. The monoisotopic (exact) mass is 318 g/mol. The minimum atomic E-state index is 0.0362. The molecule has 4 nitrogen and oxygen atoms in total. The third kappa shape index (κ3) is 2.24. The van der Waals surface area contributed by atoms with Crippen molar-refractivity contribution in [3.05, 3.63) is 71.8 Å². The van der Waals surface area contributed by atoms with Crippen molar-refractivity contribution in [3.8, 4) is 17.2 Å². The van der Waals surface area contributed by atoms with E-state index in [0.717, 1.165) is 16.8 Å². The summed E-state index contributed by atoms with van der Waals surface area (Å²) in [6.45, 7) is 0. The molecule has 0 aromatic heterocycles. The Bertz CT molecular complexity index is 882. The smallest absolute Gasteiger partial charge is 0.178 e. The molecule has 1 unspecified atom stereocenters. The zero-order chi connectivity index (χ0) is 16.7. The minimum absolute atomic E-state index is 0.0362. The van der Waals surface area contributed by atoms with E-state index in [1.807, 2.05) is 55.6 Å². The van der Waals surface area contributed by atoms with Crippen LogP contribution >= 0.6 is 0 Å². The van der Waals surface area contributed by atoms with Crippen molar-refractivity contribution < 1.29 is 9.84 Å². The van der Waals surface area contributed by atoms with Crippen molar-refractivity contribution in [2.24, 2.45) is 0 Å². The van der Waals surface area contributed by atoms with E-state index in [0.29, 0.717) is 17.2 Å². The van der Waals surface area contributed by atoms with Gasteiger partial charge in [0.05, 0.1) is 17.4 Å². The summed E-state index contributed by atoms with van der Waals surface area (Å²) < 4.78 is 5.97. The van der Waals surface area contributed by atoms with Crippen molar-refractivity contribution in [1.29, 1.82) is 0 Å². The summed E-state index contributed by atoms with van der Waals surface area (Å²) in [6, 6.07) is 11.1. The number of hydrogen-bond acceptors (Lipinski definition) is 4. The predicted octanol–water partition coefficient (Wildman–Crippen LogP) is 4.09. The van der Waals surface area contributed by atoms with Gasteiger partial charge in [0, 0.05) is 18.7 Å². The average molecular weight is 318 g/mol. The Hall–Kier alpha value is -3.14. The topological polar surface area (TPSA) is 58.7 Å². The van der Waals surface area contributed by atoms with Crippen LogP contribution in [0.25, 0.3) is 6.08 Å². The summed E-state index contributed by atoms with van der Waals surface area (Å²) in [5.74, 6) is 1.13. The zero-order valence-electron chi connectivity index (χ0n) is 13.3. The van der Waals surface area contributed by atoms with Gasteiger partial charge in [-0.1, -0.05) is 42.5 Å². The first-order valence-electron chi connectivity index (χ1n) is 7.83. The van der Waals surface area contributed by atoms with Crippen LogP contribution in [0.3, 0.4) is 0 Å². The van der Waals surface area contributed by atoms with Gasteiger partial charge < -0.3 is 20.5 Å². The Morgan fingerprint density at radius 3 is 2.75 bits per heavy atom. The molecule has 0 amide bonds. The van der Waals surface area contributed by atoms with Crippen LogP contribution < -0.4 is 15.4 Å². The van der Waals surface area contributed by atoms with Crippen LogP contribution in [0.5, 0.6) is 17.2 Å². The molecule has 1 atom stereocenters. The van der Waals surface area contributed by atoms with E-state index in [9.17, 15) is 5.11 Å². The fraction of sp³-hybridized carbons (Fsp3) is 0.100. The van der Waals surface area contributed by atoms with E-state index in [2.05, 4.69) is 17.1 Å². The molecular weight excluding hydrogens is 300 g/mol. The molecular formula is C20H18N2O2. The number of phenolic OH excluding ortho intramolecular Hbond substituents is 1. The van der Waals surface area contributed by atoms with E-state index in [1.165, 1.54) is 0 Å². The Balaban J connectivity index is 1.89. The third-order valence-corrected chi connectivity index (χ3v) is 4.38. The maximum Gasteiger partial charge on any atom is 0.178 e. The number of nitrogens with two attached hydrogens (primary N) is 1. The number of likely N-dealkylation sites (N-methyl/N-ethyl adjacent to an activating group) is 1. The van der Waals surface area contributed by atoms with Gasteiger partial charge in [0.2, 0.25) is 0 Å². The number of benzene rings is 2. The number of anilines is 2. The van der Waals surface area contributed by atoms with E-state index >= 15 is 0 Å². The first kappa shape index (κ1) is 14.5. The van der Waals surface area contributed by atoms with E-state index in [4.69, 9.17) is 10.5 Å². The Labute approximate surface area is 140 Å². The Kier molecular flexibility index (Phi) is 3.31. The van der Waals surface area contributed by atoms with Gasteiger partial charge in [-0.05, 0) is 23.8 Å². The predicted molar refractivity (Wildman–Crippen MR) is 97.5 cm³/mol. The third-order valence-electron chi connectivity index (χ3n) is 4.38. The molecule has 0 spiro atoms. The van der Waals surface area contributed by atoms with Crippen molar-refractivity contribution in [2.75, 3.05) is 17.7 Å². The number of phenols is 1. The van der Waals surface area contributed by atoms with Gasteiger partial charge >= 0.3 is 0 Å². The second-order valence-electron chi connectivity index (χ2n) is 5.94. The number of rotatable bonds is 2. The van der Waals surface area contributed by atoms with Crippen molar-refractivity contribution in [3.63, 3.8) is 0 Å². The van der Waals surface area contributed by atoms with Crippen LogP contribution in [-0.4, -0.2) is 18.2 Å². The molecule has 3 N–H and O–H groups in total. The highest BCUT2D eigenvalue weighted by atomic mass is 16.5. The van der Waals surface area contributed by atoms with Gasteiger partial charge in [0.1, 0.15) is 5.75 Å². The second-order valence-corrected chi connectivity index (χ2v) is 5.94. The van der Waals surface area contributed by atoms with Gasteiger partial charge in [0.25, 0.3) is 0 Å². The van der Waals surface area contributed by atoms with E-state index < -0.39 is 0 Å². The number of ether oxygens (including phenoxy) is 1. The van der Waals surface area contributed by atoms with Crippen LogP contribution in [0.4, 0.5) is 11.4 Å². The molecule has 0 saturated heterocycles. The number of fused-ring (bicyclic) bond motifs is 2. The van der Waals surface area contributed by atoms with Crippen molar-refractivity contribution >= 4 is 17.5 Å². The lowest BCUT2D eigenvalue weighted by molar-refractivity contribution is 0.410. The fourth-order valence-corrected chi connectivity index (χ4v) is 3.26. The molecule has 0 fully saturated rings. The standard InChI is InChI=1S/C20H18N2O2/c1-22-17-10-6-5-7-13(17)11-15-19(22)16(21)12-18(23)20(15)24-14-8-3-2-4-9-14/h2-12,17,23H,21H2,1H3. The summed E-state index contributed by atoms with van der Waals surface area (Å²) in [7, 11) is 2.00. The van der Waals surface area contributed by atoms with Crippen molar-refractivity contribution in [1.82, 2.24) is 0 Å². The van der Waals surface area contributed by atoms with Gasteiger partial charge in [-0.3, -0.25) is 0 Å². The molecule has 4 heteroatoms. The Morgan fingerprint density at radius 2 is 1.96 bits per heavy atom. The largest absolute Gasteiger partial charge is 0.504 e. The molecule has 1 heterocycles. The normalized spacial score (nSPS) is 18.0. The molecule has 1 aliphatic heterocycles. The maximum absolute atomic E-state index is 10.4. The summed E-state index contributed by atoms with van der Waals surface area (Å²) in [6.07, 6.45) is 10.3. The number of para-hydroxylation sites is 1. The quantitative estimate of drug-likeness (QED) is 0.819. The number of nitrogen functional groups attached to an aromatic ring is 1. The first-order valence-corrected chi connectivity index (χ1v) is 7.83. The maximum atomic E-state index is 10.4. The van der Waals surface area contributed by atoms with Crippen LogP contribution in [0.15, 0.2) is 66.3 Å². The molecule has 1 aliphatic carbocycles. The summed E-state index contributed by atoms with van der Waals surface area (Å²) in [4.78, 5) is 2.11. The van der Waals surface area contributed by atoms with E-state index in [1.54, 1.807) is 6.07 Å². The lowest BCUT2D eigenvalue weighted by Gasteiger charge is -2.36. The SMILES string of the molecule is CN1c2c(N)cc(O)c(Oc3ccccc3)c2C=C2C=CC=CC21. The van der Waals surface area contributed by atoms with Gasteiger partial charge in [-0.2, -0.15) is 0 Å². The Morgan fingerprint density at radius 1 is 1.17 bits per heavy atom. The lowest BCUT2D eigenvalue weighted by atomic mass is 9.91. The minimum Gasteiger partial charge on any atom is -0.504 e.